The molecule has 0 radical (unpaired) electrons. The Bertz CT molecular complexity index is 905. The summed E-state index contributed by atoms with van der Waals surface area (Å²) in [5, 5.41) is 12.1. The molecule has 1 saturated carbocycles. The van der Waals surface area contributed by atoms with Crippen molar-refractivity contribution < 1.29 is 14.6 Å². The highest BCUT2D eigenvalue weighted by molar-refractivity contribution is 5.48. The Labute approximate surface area is 185 Å². The van der Waals surface area contributed by atoms with Crippen LogP contribution >= 0.6 is 0 Å². The molecule has 0 atom stereocenters. The highest BCUT2D eigenvalue weighted by Gasteiger charge is 2.73. The molecular weight excluding hydrogens is 390 g/mol. The molecule has 168 valence electrons. The molecule has 1 aliphatic carbocycles. The molecule has 6 nitrogen and oxygen atoms in total. The van der Waals surface area contributed by atoms with Crippen molar-refractivity contribution in [3.8, 4) is 11.5 Å². The molecule has 1 N–H and O–H groups in total. The quantitative estimate of drug-likeness (QED) is 0.791. The summed E-state index contributed by atoms with van der Waals surface area (Å²) in [6.07, 6.45) is 1.85. The SMILES string of the molecule is COc1ccc(C2(O)C(C)(C)C(N3CCN(c4ccccn4)CC3)C2(C)C)cc1OC. The first-order chi connectivity index (χ1) is 14.7. The molecule has 0 unspecified atom stereocenters. The maximum atomic E-state index is 12.1. The predicted octanol–water partition coefficient (Wildman–Crippen LogP) is 3.54. The van der Waals surface area contributed by atoms with E-state index in [4.69, 9.17) is 9.47 Å². The van der Waals surface area contributed by atoms with Crippen molar-refractivity contribution in [2.24, 2.45) is 10.8 Å². The lowest BCUT2D eigenvalue weighted by Crippen LogP contribution is -2.79. The fraction of sp³-hybridized carbons (Fsp3) is 0.560. The van der Waals surface area contributed by atoms with Gasteiger partial charge in [-0.1, -0.05) is 39.8 Å². The van der Waals surface area contributed by atoms with Crippen LogP contribution < -0.4 is 14.4 Å². The van der Waals surface area contributed by atoms with Crippen molar-refractivity contribution in [1.29, 1.82) is 0 Å². The van der Waals surface area contributed by atoms with Crippen molar-refractivity contribution in [3.63, 3.8) is 0 Å². The van der Waals surface area contributed by atoms with E-state index in [-0.39, 0.29) is 16.9 Å². The Morgan fingerprint density at radius 1 is 0.903 bits per heavy atom. The monoisotopic (exact) mass is 425 g/mol. The lowest BCUT2D eigenvalue weighted by Gasteiger charge is -2.72. The van der Waals surface area contributed by atoms with Gasteiger partial charge < -0.3 is 19.5 Å². The highest BCUT2D eigenvalue weighted by Crippen LogP contribution is 2.68. The summed E-state index contributed by atoms with van der Waals surface area (Å²) in [6.45, 7) is 12.5. The predicted molar refractivity (Wildman–Crippen MR) is 123 cm³/mol. The second-order valence-electron chi connectivity index (χ2n) is 9.84. The average molecular weight is 426 g/mol. The van der Waals surface area contributed by atoms with Gasteiger partial charge >= 0.3 is 0 Å². The summed E-state index contributed by atoms with van der Waals surface area (Å²) in [4.78, 5) is 9.40. The summed E-state index contributed by atoms with van der Waals surface area (Å²) in [5.74, 6) is 2.36. The van der Waals surface area contributed by atoms with Crippen LogP contribution in [-0.4, -0.2) is 61.4 Å². The summed E-state index contributed by atoms with van der Waals surface area (Å²) in [6, 6.07) is 12.1. The maximum Gasteiger partial charge on any atom is 0.161 e. The van der Waals surface area contributed by atoms with Crippen LogP contribution in [0.1, 0.15) is 33.3 Å². The van der Waals surface area contributed by atoms with E-state index in [9.17, 15) is 5.11 Å². The average Bonchev–Trinajstić information content (AvgIpc) is 2.78. The van der Waals surface area contributed by atoms with Gasteiger partial charge in [-0.25, -0.2) is 4.98 Å². The Balaban J connectivity index is 1.57. The Kier molecular flexibility index (Phi) is 5.42. The van der Waals surface area contributed by atoms with Crippen LogP contribution in [0.3, 0.4) is 0 Å². The van der Waals surface area contributed by atoms with Gasteiger partial charge in [0.2, 0.25) is 0 Å². The molecule has 1 aromatic heterocycles. The van der Waals surface area contributed by atoms with E-state index in [2.05, 4.69) is 48.5 Å². The van der Waals surface area contributed by atoms with Crippen molar-refractivity contribution >= 4 is 5.82 Å². The molecule has 0 amide bonds. The second-order valence-corrected chi connectivity index (χ2v) is 9.84. The number of hydrogen-bond donors (Lipinski definition) is 1. The normalized spacial score (nSPS) is 27.5. The van der Waals surface area contributed by atoms with Gasteiger partial charge in [-0.05, 0) is 29.8 Å². The first-order valence-corrected chi connectivity index (χ1v) is 11.0. The molecule has 0 bridgehead atoms. The molecule has 4 rings (SSSR count). The van der Waals surface area contributed by atoms with Gasteiger partial charge in [-0.3, -0.25) is 4.90 Å². The van der Waals surface area contributed by atoms with Gasteiger partial charge in [0, 0.05) is 49.2 Å². The molecule has 31 heavy (non-hydrogen) atoms. The van der Waals surface area contributed by atoms with E-state index < -0.39 is 5.60 Å². The first-order valence-electron chi connectivity index (χ1n) is 11.0. The third kappa shape index (κ3) is 3.11. The van der Waals surface area contributed by atoms with Crippen molar-refractivity contribution in [3.05, 3.63) is 48.2 Å². The summed E-state index contributed by atoms with van der Waals surface area (Å²) in [7, 11) is 3.26. The smallest absolute Gasteiger partial charge is 0.161 e. The number of rotatable bonds is 5. The standard InChI is InChI=1S/C25H35N3O3/c1-23(2)22(28-15-13-27(14-16-28)21-9-7-8-12-26-21)24(3,4)25(23,29)18-10-11-19(30-5)20(17-18)31-6/h7-12,17,22,29H,13-16H2,1-6H3. The number of nitrogens with zero attached hydrogens (tertiary/aromatic N) is 3. The Morgan fingerprint density at radius 3 is 2.10 bits per heavy atom. The van der Waals surface area contributed by atoms with E-state index in [1.165, 1.54) is 0 Å². The zero-order chi connectivity index (χ0) is 22.4. The van der Waals surface area contributed by atoms with Crippen LogP contribution in [0.15, 0.2) is 42.6 Å². The number of ether oxygens (including phenoxy) is 2. The lowest BCUT2D eigenvalue weighted by molar-refractivity contribution is -0.308. The van der Waals surface area contributed by atoms with Crippen LogP contribution in [0.5, 0.6) is 11.5 Å². The Morgan fingerprint density at radius 2 is 1.55 bits per heavy atom. The van der Waals surface area contributed by atoms with Crippen LogP contribution in [0.4, 0.5) is 5.82 Å². The molecule has 2 fully saturated rings. The lowest BCUT2D eigenvalue weighted by atomic mass is 9.39. The molecule has 1 saturated heterocycles. The van der Waals surface area contributed by atoms with E-state index in [0.717, 1.165) is 37.6 Å². The topological polar surface area (TPSA) is 58.1 Å². The van der Waals surface area contributed by atoms with E-state index >= 15 is 0 Å². The number of hydrogen-bond acceptors (Lipinski definition) is 6. The van der Waals surface area contributed by atoms with E-state index in [0.29, 0.717) is 11.5 Å². The van der Waals surface area contributed by atoms with Gasteiger partial charge in [0.05, 0.1) is 14.2 Å². The fourth-order valence-electron chi connectivity index (χ4n) is 6.52. The van der Waals surface area contributed by atoms with Gasteiger partial charge in [0.25, 0.3) is 0 Å². The molecule has 2 aromatic rings. The van der Waals surface area contributed by atoms with Gasteiger partial charge in [-0.2, -0.15) is 0 Å². The number of anilines is 1. The third-order valence-electron chi connectivity index (χ3n) is 7.69. The van der Waals surface area contributed by atoms with Crippen LogP contribution in [-0.2, 0) is 5.60 Å². The molecule has 6 heteroatoms. The molecule has 2 aliphatic rings. The summed E-state index contributed by atoms with van der Waals surface area (Å²) < 4.78 is 10.9. The minimum atomic E-state index is -0.984. The number of piperazine rings is 1. The van der Waals surface area contributed by atoms with E-state index in [1.54, 1.807) is 14.2 Å². The molecule has 1 aromatic carbocycles. The third-order valence-corrected chi connectivity index (χ3v) is 7.69. The number of benzene rings is 1. The number of methoxy groups -OCH3 is 2. The summed E-state index contributed by atoms with van der Waals surface area (Å²) >= 11 is 0. The summed E-state index contributed by atoms with van der Waals surface area (Å²) in [5.41, 5.74) is -0.766. The van der Waals surface area contributed by atoms with Crippen LogP contribution in [0.2, 0.25) is 0 Å². The number of aromatic nitrogens is 1. The van der Waals surface area contributed by atoms with Gasteiger partial charge in [0.1, 0.15) is 11.4 Å². The first kappa shape index (κ1) is 21.9. The highest BCUT2D eigenvalue weighted by atomic mass is 16.5. The minimum absolute atomic E-state index is 0.254. The molecule has 2 heterocycles. The second kappa shape index (κ2) is 7.68. The largest absolute Gasteiger partial charge is 0.493 e. The fourth-order valence-corrected chi connectivity index (χ4v) is 6.52. The van der Waals surface area contributed by atoms with Crippen molar-refractivity contribution in [1.82, 2.24) is 9.88 Å². The van der Waals surface area contributed by atoms with Crippen molar-refractivity contribution in [2.45, 2.75) is 39.3 Å². The zero-order valence-electron chi connectivity index (χ0n) is 19.6. The molecular formula is C25H35N3O3. The zero-order valence-corrected chi connectivity index (χ0v) is 19.6. The maximum absolute atomic E-state index is 12.1. The molecule has 0 spiro atoms. The van der Waals surface area contributed by atoms with E-state index in [1.807, 2.05) is 36.5 Å². The minimum Gasteiger partial charge on any atom is -0.493 e. The van der Waals surface area contributed by atoms with Gasteiger partial charge in [-0.15, -0.1) is 0 Å². The number of aliphatic hydroxyl groups is 1. The Hall–Kier alpha value is -2.31. The van der Waals surface area contributed by atoms with Gasteiger partial charge in [0.15, 0.2) is 11.5 Å². The van der Waals surface area contributed by atoms with Crippen LogP contribution in [0, 0.1) is 10.8 Å². The van der Waals surface area contributed by atoms with Crippen molar-refractivity contribution in [2.75, 3.05) is 45.3 Å². The van der Waals surface area contributed by atoms with Crippen LogP contribution in [0.25, 0.3) is 0 Å². The number of pyridine rings is 1. The molecule has 1 aliphatic heterocycles.